The van der Waals surface area contributed by atoms with Gasteiger partial charge in [-0.25, -0.2) is 23.1 Å². The second-order valence-electron chi connectivity index (χ2n) is 3.63. The smallest absolute Gasteiger partial charge is 0.242 e. The number of nitrogen functional groups attached to an aromatic ring is 1. The van der Waals surface area contributed by atoms with Gasteiger partial charge in [0.15, 0.2) is 0 Å². The van der Waals surface area contributed by atoms with E-state index in [1.54, 1.807) is 0 Å². The van der Waals surface area contributed by atoms with Gasteiger partial charge in [0, 0.05) is 17.3 Å². The molecule has 0 saturated carbocycles. The van der Waals surface area contributed by atoms with Gasteiger partial charge < -0.3 is 5.73 Å². The maximum Gasteiger partial charge on any atom is 0.242 e. The molecule has 0 atom stereocenters. The molecule has 0 spiro atoms. The highest BCUT2D eigenvalue weighted by Gasteiger charge is 2.14. The van der Waals surface area contributed by atoms with Crippen LogP contribution in [0.25, 0.3) is 0 Å². The molecule has 0 bridgehead atoms. The number of sulfonamides is 1. The number of aromatic nitrogens is 2. The monoisotopic (exact) mass is 284 g/mol. The molecule has 0 saturated heterocycles. The molecule has 0 aliphatic carbocycles. The molecule has 0 fully saturated rings. The lowest BCUT2D eigenvalue weighted by Gasteiger charge is -2.04. The molecule has 18 heavy (non-hydrogen) atoms. The van der Waals surface area contributed by atoms with Crippen molar-refractivity contribution < 1.29 is 8.42 Å². The van der Waals surface area contributed by atoms with Gasteiger partial charge in [0.05, 0.1) is 6.54 Å². The van der Waals surface area contributed by atoms with Crippen molar-refractivity contribution in [2.24, 2.45) is 0 Å². The summed E-state index contributed by atoms with van der Waals surface area (Å²) >= 11 is 1.41. The Hall–Kier alpha value is -1.51. The molecule has 96 valence electrons. The fourth-order valence-corrected chi connectivity index (χ4v) is 3.01. The van der Waals surface area contributed by atoms with E-state index in [0.29, 0.717) is 0 Å². The van der Waals surface area contributed by atoms with Gasteiger partial charge in [0.25, 0.3) is 0 Å². The number of pyridine rings is 1. The molecular formula is C10H12N4O2S2. The first-order valence-electron chi connectivity index (χ1n) is 5.09. The Labute approximate surface area is 109 Å². The zero-order valence-electron chi connectivity index (χ0n) is 9.62. The van der Waals surface area contributed by atoms with Crippen LogP contribution >= 0.6 is 11.3 Å². The van der Waals surface area contributed by atoms with Crippen LogP contribution in [0.4, 0.5) is 5.82 Å². The van der Waals surface area contributed by atoms with Crippen LogP contribution in [-0.2, 0) is 16.6 Å². The van der Waals surface area contributed by atoms with E-state index >= 15 is 0 Å². The van der Waals surface area contributed by atoms with E-state index in [1.807, 2.05) is 12.3 Å². The van der Waals surface area contributed by atoms with Gasteiger partial charge in [0.1, 0.15) is 15.7 Å². The number of aryl methyl sites for hydroxylation is 1. The molecule has 2 aromatic rings. The van der Waals surface area contributed by atoms with Gasteiger partial charge in [-0.15, -0.1) is 11.3 Å². The standard InChI is InChI=1S/C10H12N4O2S2/c1-7-6-17-10(14-7)5-13-18(15,16)8-2-3-9(11)12-4-8/h2-4,6,13H,5H2,1H3,(H2,11,12). The lowest BCUT2D eigenvalue weighted by Crippen LogP contribution is -2.23. The molecule has 6 nitrogen and oxygen atoms in total. The predicted molar refractivity (Wildman–Crippen MR) is 69.5 cm³/mol. The number of nitrogens with one attached hydrogen (secondary N) is 1. The number of thiazole rings is 1. The van der Waals surface area contributed by atoms with Crippen LogP contribution in [0.3, 0.4) is 0 Å². The van der Waals surface area contributed by atoms with Crippen LogP contribution in [0.5, 0.6) is 0 Å². The van der Waals surface area contributed by atoms with Gasteiger partial charge in [-0.3, -0.25) is 0 Å². The van der Waals surface area contributed by atoms with Crippen molar-refractivity contribution in [2.45, 2.75) is 18.4 Å². The van der Waals surface area contributed by atoms with E-state index < -0.39 is 10.0 Å². The van der Waals surface area contributed by atoms with Crippen molar-refractivity contribution in [3.8, 4) is 0 Å². The summed E-state index contributed by atoms with van der Waals surface area (Å²) in [7, 11) is -3.57. The van der Waals surface area contributed by atoms with E-state index in [4.69, 9.17) is 5.73 Å². The van der Waals surface area contributed by atoms with E-state index in [9.17, 15) is 8.42 Å². The van der Waals surface area contributed by atoms with Crippen molar-refractivity contribution in [1.82, 2.24) is 14.7 Å². The van der Waals surface area contributed by atoms with Gasteiger partial charge in [-0.05, 0) is 19.1 Å². The van der Waals surface area contributed by atoms with Gasteiger partial charge >= 0.3 is 0 Å². The third kappa shape index (κ3) is 3.03. The maximum atomic E-state index is 11.9. The SMILES string of the molecule is Cc1csc(CNS(=O)(=O)c2ccc(N)nc2)n1. The number of anilines is 1. The topological polar surface area (TPSA) is 98.0 Å². The minimum atomic E-state index is -3.57. The van der Waals surface area contributed by atoms with E-state index in [2.05, 4.69) is 14.7 Å². The largest absolute Gasteiger partial charge is 0.384 e. The number of hydrogen-bond donors (Lipinski definition) is 2. The molecule has 0 amide bonds. The lowest BCUT2D eigenvalue weighted by molar-refractivity contribution is 0.580. The Morgan fingerprint density at radius 1 is 1.44 bits per heavy atom. The number of nitrogens with zero attached hydrogens (tertiary/aromatic N) is 2. The van der Waals surface area contributed by atoms with Crippen molar-refractivity contribution in [1.29, 1.82) is 0 Å². The summed E-state index contributed by atoms with van der Waals surface area (Å²) in [6.45, 7) is 2.03. The Balaban J connectivity index is 2.10. The summed E-state index contributed by atoms with van der Waals surface area (Å²) in [4.78, 5) is 8.02. The first-order chi connectivity index (χ1) is 8.47. The van der Waals surface area contributed by atoms with Crippen molar-refractivity contribution >= 4 is 27.2 Å². The molecule has 2 aromatic heterocycles. The van der Waals surface area contributed by atoms with Gasteiger partial charge in [-0.1, -0.05) is 0 Å². The zero-order chi connectivity index (χ0) is 13.2. The van der Waals surface area contributed by atoms with Crippen LogP contribution in [0, 0.1) is 6.92 Å². The molecule has 8 heteroatoms. The molecule has 0 aromatic carbocycles. The fourth-order valence-electron chi connectivity index (χ4n) is 1.27. The van der Waals surface area contributed by atoms with Crippen LogP contribution in [0.2, 0.25) is 0 Å². The minimum Gasteiger partial charge on any atom is -0.384 e. The van der Waals surface area contributed by atoms with Gasteiger partial charge in [-0.2, -0.15) is 0 Å². The summed E-state index contributed by atoms with van der Waals surface area (Å²) < 4.78 is 26.3. The van der Waals surface area contributed by atoms with Crippen LogP contribution in [0.15, 0.2) is 28.6 Å². The normalized spacial score (nSPS) is 11.6. The Morgan fingerprint density at radius 2 is 2.22 bits per heavy atom. The molecule has 0 aliphatic rings. The Bertz CT molecular complexity index is 634. The predicted octanol–water partition coefficient (Wildman–Crippen LogP) is 0.907. The van der Waals surface area contributed by atoms with Crippen LogP contribution in [0.1, 0.15) is 10.7 Å². The molecular weight excluding hydrogens is 272 g/mol. The fraction of sp³-hybridized carbons (Fsp3) is 0.200. The average molecular weight is 284 g/mol. The maximum absolute atomic E-state index is 11.9. The van der Waals surface area contributed by atoms with Crippen LogP contribution < -0.4 is 10.5 Å². The quantitative estimate of drug-likeness (QED) is 0.869. The zero-order valence-corrected chi connectivity index (χ0v) is 11.3. The van der Waals surface area contributed by atoms with Crippen molar-refractivity contribution in [3.63, 3.8) is 0 Å². The third-order valence-electron chi connectivity index (χ3n) is 2.15. The number of nitrogens with two attached hydrogens (primary N) is 1. The third-order valence-corrected chi connectivity index (χ3v) is 4.50. The molecule has 0 radical (unpaired) electrons. The Kier molecular flexibility index (Phi) is 3.60. The number of rotatable bonds is 4. The summed E-state index contributed by atoms with van der Waals surface area (Å²) in [5.74, 6) is 0.282. The highest BCUT2D eigenvalue weighted by Crippen LogP contribution is 2.12. The highest BCUT2D eigenvalue weighted by atomic mass is 32.2. The lowest BCUT2D eigenvalue weighted by atomic mass is 10.5. The van der Waals surface area contributed by atoms with Crippen molar-refractivity contribution in [3.05, 3.63) is 34.4 Å². The first kappa shape index (κ1) is 12.9. The van der Waals surface area contributed by atoms with E-state index in [-0.39, 0.29) is 17.3 Å². The highest BCUT2D eigenvalue weighted by molar-refractivity contribution is 7.89. The molecule has 0 unspecified atom stereocenters. The van der Waals surface area contributed by atoms with E-state index in [1.165, 1.54) is 29.7 Å². The van der Waals surface area contributed by atoms with E-state index in [0.717, 1.165) is 10.7 Å². The number of hydrogen-bond acceptors (Lipinski definition) is 6. The second-order valence-corrected chi connectivity index (χ2v) is 6.34. The summed E-state index contributed by atoms with van der Waals surface area (Å²) in [5, 5.41) is 2.59. The minimum absolute atomic E-state index is 0.0879. The second kappa shape index (κ2) is 5.01. The van der Waals surface area contributed by atoms with Crippen molar-refractivity contribution in [2.75, 3.05) is 5.73 Å². The van der Waals surface area contributed by atoms with Gasteiger partial charge in [0.2, 0.25) is 10.0 Å². The summed E-state index contributed by atoms with van der Waals surface area (Å²) in [5.41, 5.74) is 6.28. The van der Waals surface area contributed by atoms with Crippen LogP contribution in [-0.4, -0.2) is 18.4 Å². The molecule has 3 N–H and O–H groups in total. The summed E-state index contributed by atoms with van der Waals surface area (Å²) in [6, 6.07) is 2.86. The molecule has 2 rings (SSSR count). The first-order valence-corrected chi connectivity index (χ1v) is 7.46. The Morgan fingerprint density at radius 3 is 2.78 bits per heavy atom. The summed E-state index contributed by atoms with van der Waals surface area (Å²) in [6.07, 6.45) is 1.23. The molecule has 0 aliphatic heterocycles. The molecule has 2 heterocycles. The average Bonchev–Trinajstić information content (AvgIpc) is 2.73.